The molecule has 8 heterocycles. The molecule has 2 N–H and O–H groups in total. The molecule has 14 nitrogen and oxygen atoms in total. The zero-order chi connectivity index (χ0) is 40.2. The number of nitrogens with zero attached hydrogens (tertiary/aromatic N) is 7. The van der Waals surface area contributed by atoms with Gasteiger partial charge < -0.3 is 29.1 Å². The van der Waals surface area contributed by atoms with E-state index in [4.69, 9.17) is 19.2 Å². The van der Waals surface area contributed by atoms with E-state index in [0.29, 0.717) is 54.6 Å². The van der Waals surface area contributed by atoms with Crippen LogP contribution in [0.3, 0.4) is 0 Å². The Morgan fingerprint density at radius 2 is 1.88 bits per heavy atom. The first kappa shape index (κ1) is 37.5. The number of anilines is 2. The van der Waals surface area contributed by atoms with Gasteiger partial charge in [0.25, 0.3) is 5.92 Å². The third kappa shape index (κ3) is 6.23. The van der Waals surface area contributed by atoms with Crippen molar-refractivity contribution in [2.24, 2.45) is 0 Å². The van der Waals surface area contributed by atoms with E-state index in [0.717, 1.165) is 17.5 Å². The lowest BCUT2D eigenvalue weighted by Gasteiger charge is -2.41. The van der Waals surface area contributed by atoms with Crippen molar-refractivity contribution in [1.29, 1.82) is 5.26 Å². The Hall–Kier alpha value is -5.06. The largest absolute Gasteiger partial charge is 0.465 e. The molecule has 19 heteroatoms. The molecular weight excluding hydrogens is 773 g/mol. The Morgan fingerprint density at radius 3 is 2.58 bits per heavy atom. The number of carbonyl (C=O) groups is 2. The molecule has 0 radical (unpaired) electrons. The summed E-state index contributed by atoms with van der Waals surface area (Å²) in [5, 5.41) is 23.0. The number of benzene rings is 1. The second-order valence-electron chi connectivity index (χ2n) is 16.4. The molecule has 3 atom stereocenters. The SMILES string of the molecule is CC(C)(C)OC(=O)Nc1sc2c(F)cnc(-c3c4c(c5c(N6C7CCC6CN(C(=O)O)C7)nc(OCC67CCCN6CC(F)(F)C7)nc5c3F)COC4)c2c1C#N. The number of amides is 2. The van der Waals surface area contributed by atoms with Crippen molar-refractivity contribution in [3.05, 3.63) is 34.5 Å². The van der Waals surface area contributed by atoms with Crippen molar-refractivity contribution in [2.45, 2.75) is 95.2 Å². The standard InChI is InChI=1S/C38H38F4N8O6S/c1-36(2,3)56-34(51)47-32-20(9-43)25-28(44-10-23(39)30(25)57-32)24-21-13-54-14-22(21)26-29(27(24)40)45-33(55-17-37-7-4-8-49(37)16-38(41,42)15-37)46-31(26)50-18-5-6-19(50)12-48(11-18)35(52)53/h10,18-19H,4-8,11-17H2,1-3H3,(H,47,51)(H,52,53). The highest BCUT2D eigenvalue weighted by atomic mass is 32.1. The maximum Gasteiger partial charge on any atom is 0.412 e. The quantitative estimate of drug-likeness (QED) is 0.192. The molecule has 5 aliphatic rings. The average molecular weight is 811 g/mol. The van der Waals surface area contributed by atoms with E-state index in [1.54, 1.807) is 25.7 Å². The number of likely N-dealkylation sites (tertiary alicyclic amines) is 1. The number of piperazine rings is 1. The number of nitrogens with one attached hydrogen (secondary N) is 1. The minimum atomic E-state index is -2.90. The number of carbonyl (C=O) groups excluding carboxylic acids is 1. The molecule has 57 heavy (non-hydrogen) atoms. The van der Waals surface area contributed by atoms with Gasteiger partial charge in [0, 0.05) is 42.5 Å². The molecule has 1 aromatic carbocycles. The number of nitriles is 1. The van der Waals surface area contributed by atoms with Gasteiger partial charge in [0.2, 0.25) is 0 Å². The summed E-state index contributed by atoms with van der Waals surface area (Å²) in [6.07, 6.45) is 1.09. The first-order valence-electron chi connectivity index (χ1n) is 18.7. The maximum atomic E-state index is 17.7. The van der Waals surface area contributed by atoms with Crippen LogP contribution in [0, 0.1) is 23.0 Å². The summed E-state index contributed by atoms with van der Waals surface area (Å²) in [6.45, 7) is 5.25. The van der Waals surface area contributed by atoms with Gasteiger partial charge in [-0.3, -0.25) is 15.2 Å². The van der Waals surface area contributed by atoms with Crippen molar-refractivity contribution in [3.63, 3.8) is 0 Å². The number of pyridine rings is 1. The fourth-order valence-electron chi connectivity index (χ4n) is 9.42. The summed E-state index contributed by atoms with van der Waals surface area (Å²) >= 11 is 0.781. The lowest BCUT2D eigenvalue weighted by molar-refractivity contribution is 0.00802. The number of carboxylic acid groups (broad SMARTS) is 1. The molecule has 4 aromatic rings. The number of thiophene rings is 1. The summed E-state index contributed by atoms with van der Waals surface area (Å²) in [5.74, 6) is -4.27. The minimum absolute atomic E-state index is 0.0117. The number of halogens is 4. The lowest BCUT2D eigenvalue weighted by Crippen LogP contribution is -2.55. The molecule has 4 saturated heterocycles. The zero-order valence-electron chi connectivity index (χ0n) is 31.3. The third-order valence-corrected chi connectivity index (χ3v) is 12.7. The van der Waals surface area contributed by atoms with E-state index in [-0.39, 0.29) is 95.0 Å². The van der Waals surface area contributed by atoms with Gasteiger partial charge in [-0.05, 0) is 64.1 Å². The van der Waals surface area contributed by atoms with E-state index in [1.807, 2.05) is 11.0 Å². The summed E-state index contributed by atoms with van der Waals surface area (Å²) < 4.78 is 80.1. The molecule has 300 valence electrons. The molecule has 5 aliphatic heterocycles. The summed E-state index contributed by atoms with van der Waals surface area (Å²) in [7, 11) is 0. The van der Waals surface area contributed by atoms with Gasteiger partial charge in [0.15, 0.2) is 11.6 Å². The molecular formula is C38H38F4N8O6S. The minimum Gasteiger partial charge on any atom is -0.465 e. The number of ether oxygens (including phenoxy) is 3. The van der Waals surface area contributed by atoms with Crippen molar-refractivity contribution < 1.29 is 46.5 Å². The monoisotopic (exact) mass is 810 g/mol. The summed E-state index contributed by atoms with van der Waals surface area (Å²) in [5.41, 5.74) is -1.43. The van der Waals surface area contributed by atoms with Crippen LogP contribution in [0.25, 0.3) is 32.2 Å². The Labute approximate surface area is 327 Å². The Balaban J connectivity index is 1.22. The van der Waals surface area contributed by atoms with Crippen LogP contribution in [0.5, 0.6) is 6.01 Å². The predicted octanol–water partition coefficient (Wildman–Crippen LogP) is 7.02. The van der Waals surface area contributed by atoms with Gasteiger partial charge in [-0.1, -0.05) is 0 Å². The first-order chi connectivity index (χ1) is 27.1. The van der Waals surface area contributed by atoms with E-state index >= 15 is 8.78 Å². The lowest BCUT2D eigenvalue weighted by atomic mass is 9.93. The number of hydrogen-bond acceptors (Lipinski definition) is 12. The highest BCUT2D eigenvalue weighted by molar-refractivity contribution is 7.23. The second kappa shape index (κ2) is 13.2. The normalized spacial score (nSPS) is 23.9. The second-order valence-corrected chi connectivity index (χ2v) is 17.5. The van der Waals surface area contributed by atoms with Crippen LogP contribution in [0.15, 0.2) is 6.20 Å². The predicted molar refractivity (Wildman–Crippen MR) is 199 cm³/mol. The van der Waals surface area contributed by atoms with Crippen molar-refractivity contribution in [1.82, 2.24) is 24.8 Å². The van der Waals surface area contributed by atoms with Crippen LogP contribution < -0.4 is 15.0 Å². The molecule has 9 rings (SSSR count). The number of alkyl halides is 2. The number of fused-ring (bicyclic) bond motifs is 7. The van der Waals surface area contributed by atoms with Gasteiger partial charge in [-0.25, -0.2) is 27.2 Å². The fraction of sp³-hybridized carbons (Fsp3) is 0.526. The first-order valence-corrected chi connectivity index (χ1v) is 19.5. The van der Waals surface area contributed by atoms with Crippen LogP contribution in [-0.4, -0.2) is 104 Å². The Kier molecular flexibility index (Phi) is 8.72. The van der Waals surface area contributed by atoms with E-state index in [9.17, 15) is 28.7 Å². The van der Waals surface area contributed by atoms with Gasteiger partial charge in [0.05, 0.1) is 52.8 Å². The number of aromatic nitrogens is 3. The van der Waals surface area contributed by atoms with Crippen molar-refractivity contribution in [3.8, 4) is 23.3 Å². The molecule has 0 spiro atoms. The maximum absolute atomic E-state index is 17.7. The average Bonchev–Trinajstić information content (AvgIpc) is 3.94. The van der Waals surface area contributed by atoms with Gasteiger partial charge >= 0.3 is 18.2 Å². The topological polar surface area (TPSA) is 166 Å². The summed E-state index contributed by atoms with van der Waals surface area (Å²) in [6, 6.07) is 1.18. The molecule has 0 saturated carbocycles. The smallest absolute Gasteiger partial charge is 0.412 e. The van der Waals surface area contributed by atoms with Gasteiger partial charge in [-0.2, -0.15) is 15.2 Å². The van der Waals surface area contributed by atoms with E-state index < -0.39 is 47.3 Å². The third-order valence-electron chi connectivity index (χ3n) is 11.6. The van der Waals surface area contributed by atoms with Crippen LogP contribution >= 0.6 is 11.3 Å². The Bertz CT molecular complexity index is 2400. The van der Waals surface area contributed by atoms with Crippen LogP contribution in [-0.2, 0) is 22.7 Å². The Morgan fingerprint density at radius 1 is 1.14 bits per heavy atom. The highest BCUT2D eigenvalue weighted by Crippen LogP contribution is 2.50. The van der Waals surface area contributed by atoms with Crippen LogP contribution in [0.1, 0.15) is 69.6 Å². The molecule has 2 bridgehead atoms. The molecule has 4 fully saturated rings. The van der Waals surface area contributed by atoms with Gasteiger partial charge in [0.1, 0.15) is 34.6 Å². The van der Waals surface area contributed by atoms with Gasteiger partial charge in [-0.15, -0.1) is 11.3 Å². The highest BCUT2D eigenvalue weighted by Gasteiger charge is 2.57. The molecule has 3 aromatic heterocycles. The number of hydrogen-bond donors (Lipinski definition) is 2. The summed E-state index contributed by atoms with van der Waals surface area (Å²) in [4.78, 5) is 43.7. The van der Waals surface area contributed by atoms with Crippen molar-refractivity contribution >= 4 is 55.3 Å². The molecule has 2 amide bonds. The van der Waals surface area contributed by atoms with E-state index in [1.165, 1.54) is 4.90 Å². The number of rotatable bonds is 6. The molecule has 3 unspecified atom stereocenters. The zero-order valence-corrected chi connectivity index (χ0v) is 32.1. The van der Waals surface area contributed by atoms with Crippen LogP contribution in [0.4, 0.5) is 38.0 Å². The van der Waals surface area contributed by atoms with Crippen LogP contribution in [0.2, 0.25) is 0 Å². The fourth-order valence-corrected chi connectivity index (χ4v) is 10.5. The van der Waals surface area contributed by atoms with Crippen molar-refractivity contribution in [2.75, 3.05) is 43.0 Å². The van der Waals surface area contributed by atoms with E-state index in [2.05, 4.69) is 15.3 Å². The molecule has 0 aliphatic carbocycles.